The summed E-state index contributed by atoms with van der Waals surface area (Å²) in [6.07, 6.45) is -8.13. The highest BCUT2D eigenvalue weighted by Crippen LogP contribution is 2.38. The number of hydrogen-bond acceptors (Lipinski definition) is 2. The van der Waals surface area contributed by atoms with Crippen LogP contribution in [-0.4, -0.2) is 4.98 Å². The number of aromatic nitrogens is 1. The molecule has 198 valence electrons. The van der Waals surface area contributed by atoms with Crippen LogP contribution in [0.1, 0.15) is 33.5 Å². The standard InChI is InChI=1S/C28H20ClF7N2/c29-23-9-10-25(37-17-23)26(15-18-5-2-1-3-6-18,21-12-22(28(34,35)36)14-24(30)13-21)38-16-19-7-4-8-20(11-19)27(31,32)33/h1-14,17,38H,15-16H2. The van der Waals surface area contributed by atoms with Crippen molar-refractivity contribution >= 4 is 11.6 Å². The summed E-state index contributed by atoms with van der Waals surface area (Å²) in [6.45, 7) is -0.196. The molecule has 1 aromatic heterocycles. The predicted molar refractivity (Wildman–Crippen MR) is 130 cm³/mol. The van der Waals surface area contributed by atoms with Crippen molar-refractivity contribution in [3.05, 3.63) is 135 Å². The van der Waals surface area contributed by atoms with Gasteiger partial charge in [-0.05, 0) is 53.1 Å². The summed E-state index contributed by atoms with van der Waals surface area (Å²) in [5.41, 5.74) is -2.67. The van der Waals surface area contributed by atoms with Gasteiger partial charge in [0.05, 0.1) is 27.4 Å². The Labute approximate surface area is 219 Å². The molecule has 1 unspecified atom stereocenters. The lowest BCUT2D eigenvalue weighted by Gasteiger charge is -2.36. The summed E-state index contributed by atoms with van der Waals surface area (Å²) in [5, 5.41) is 3.39. The number of rotatable bonds is 7. The van der Waals surface area contributed by atoms with Crippen molar-refractivity contribution in [1.82, 2.24) is 10.3 Å². The highest BCUT2D eigenvalue weighted by Gasteiger charge is 2.39. The van der Waals surface area contributed by atoms with Crippen molar-refractivity contribution in [2.24, 2.45) is 0 Å². The summed E-state index contributed by atoms with van der Waals surface area (Å²) in [6, 6.07) is 18.4. The number of benzene rings is 3. The largest absolute Gasteiger partial charge is 0.416 e. The lowest BCUT2D eigenvalue weighted by molar-refractivity contribution is -0.138. The average molecular weight is 553 g/mol. The zero-order valence-electron chi connectivity index (χ0n) is 19.5. The molecular weight excluding hydrogens is 533 g/mol. The van der Waals surface area contributed by atoms with E-state index >= 15 is 0 Å². The van der Waals surface area contributed by atoms with Crippen molar-refractivity contribution in [2.75, 3.05) is 0 Å². The SMILES string of the molecule is Fc1cc(C(F)(F)F)cc(C(Cc2ccccc2)(NCc2cccc(C(F)(F)F)c2)c2ccc(Cl)cn2)c1. The molecule has 10 heteroatoms. The van der Waals surface area contributed by atoms with Gasteiger partial charge in [0, 0.05) is 19.2 Å². The summed E-state index contributed by atoms with van der Waals surface area (Å²) in [4.78, 5) is 4.34. The van der Waals surface area contributed by atoms with Gasteiger partial charge in [-0.15, -0.1) is 0 Å². The first-order chi connectivity index (χ1) is 17.9. The highest BCUT2D eigenvalue weighted by atomic mass is 35.5. The van der Waals surface area contributed by atoms with Gasteiger partial charge < -0.3 is 0 Å². The number of hydrogen-bond donors (Lipinski definition) is 1. The van der Waals surface area contributed by atoms with Gasteiger partial charge in [-0.25, -0.2) is 4.39 Å². The summed E-state index contributed by atoms with van der Waals surface area (Å²) >= 11 is 6.01. The summed E-state index contributed by atoms with van der Waals surface area (Å²) in [7, 11) is 0. The highest BCUT2D eigenvalue weighted by molar-refractivity contribution is 6.30. The molecular formula is C28H20ClF7N2. The lowest BCUT2D eigenvalue weighted by Crippen LogP contribution is -2.46. The van der Waals surface area contributed by atoms with E-state index < -0.39 is 34.8 Å². The van der Waals surface area contributed by atoms with Gasteiger partial charge in [0.2, 0.25) is 0 Å². The van der Waals surface area contributed by atoms with E-state index in [-0.39, 0.29) is 34.8 Å². The molecule has 1 N–H and O–H groups in total. The molecule has 0 aliphatic heterocycles. The minimum atomic E-state index is -4.84. The van der Waals surface area contributed by atoms with Crippen LogP contribution >= 0.6 is 11.6 Å². The molecule has 0 saturated heterocycles. The molecule has 0 radical (unpaired) electrons. The maximum absolute atomic E-state index is 14.7. The maximum atomic E-state index is 14.7. The van der Waals surface area contributed by atoms with E-state index in [2.05, 4.69) is 10.3 Å². The number of nitrogens with zero attached hydrogens (tertiary/aromatic N) is 1. The Hall–Kier alpha value is -3.43. The molecule has 0 aliphatic carbocycles. The summed E-state index contributed by atoms with van der Waals surface area (Å²) < 4.78 is 95.7. The van der Waals surface area contributed by atoms with Crippen LogP contribution in [0, 0.1) is 5.82 Å². The van der Waals surface area contributed by atoms with Gasteiger partial charge in [-0.1, -0.05) is 60.1 Å². The Kier molecular flexibility index (Phi) is 7.80. The van der Waals surface area contributed by atoms with E-state index in [1.54, 1.807) is 30.3 Å². The van der Waals surface area contributed by atoms with Crippen LogP contribution in [-0.2, 0) is 30.9 Å². The normalized spacial score (nSPS) is 13.8. The van der Waals surface area contributed by atoms with Gasteiger partial charge in [0.15, 0.2) is 0 Å². The van der Waals surface area contributed by atoms with Crippen LogP contribution in [0.5, 0.6) is 0 Å². The quantitative estimate of drug-likeness (QED) is 0.234. The molecule has 0 aliphatic rings. The first kappa shape index (κ1) is 27.6. The van der Waals surface area contributed by atoms with Crippen LogP contribution in [0.4, 0.5) is 30.7 Å². The van der Waals surface area contributed by atoms with Crippen molar-refractivity contribution in [1.29, 1.82) is 0 Å². The molecule has 0 spiro atoms. The molecule has 2 nitrogen and oxygen atoms in total. The van der Waals surface area contributed by atoms with Gasteiger partial charge in [0.25, 0.3) is 0 Å². The zero-order chi connectivity index (χ0) is 27.6. The molecule has 4 aromatic rings. The zero-order valence-corrected chi connectivity index (χ0v) is 20.3. The molecule has 3 aromatic carbocycles. The van der Waals surface area contributed by atoms with Crippen molar-refractivity contribution in [3.8, 4) is 0 Å². The van der Waals surface area contributed by atoms with E-state index in [0.29, 0.717) is 11.6 Å². The third kappa shape index (κ3) is 6.34. The number of nitrogens with one attached hydrogen (secondary N) is 1. The molecule has 0 saturated carbocycles. The minimum Gasteiger partial charge on any atom is -0.298 e. The average Bonchev–Trinajstić information content (AvgIpc) is 2.86. The molecule has 0 bridgehead atoms. The molecule has 0 fully saturated rings. The monoisotopic (exact) mass is 552 g/mol. The van der Waals surface area contributed by atoms with Crippen LogP contribution < -0.4 is 5.32 Å². The van der Waals surface area contributed by atoms with Crippen LogP contribution in [0.2, 0.25) is 5.02 Å². The minimum absolute atomic E-state index is 0.00217. The first-order valence-corrected chi connectivity index (χ1v) is 11.7. The number of halogens is 8. The fourth-order valence-corrected chi connectivity index (χ4v) is 4.35. The van der Waals surface area contributed by atoms with E-state index in [4.69, 9.17) is 11.6 Å². The van der Waals surface area contributed by atoms with E-state index in [0.717, 1.165) is 24.3 Å². The number of alkyl halides is 6. The first-order valence-electron chi connectivity index (χ1n) is 11.3. The second kappa shape index (κ2) is 10.7. The van der Waals surface area contributed by atoms with Gasteiger partial charge in [-0.3, -0.25) is 10.3 Å². The van der Waals surface area contributed by atoms with Crippen LogP contribution in [0.15, 0.2) is 91.1 Å². The van der Waals surface area contributed by atoms with E-state index in [1.165, 1.54) is 30.5 Å². The Morgan fingerprint density at radius 2 is 1.34 bits per heavy atom. The van der Waals surface area contributed by atoms with E-state index in [9.17, 15) is 30.7 Å². The van der Waals surface area contributed by atoms with Gasteiger partial charge >= 0.3 is 12.4 Å². The summed E-state index contributed by atoms with van der Waals surface area (Å²) in [5.74, 6) is -1.12. The predicted octanol–water partition coefficient (Wildman–Crippen LogP) is 8.19. The Morgan fingerprint density at radius 1 is 0.684 bits per heavy atom. The number of pyridine rings is 1. The fraction of sp³-hybridized carbons (Fsp3) is 0.179. The van der Waals surface area contributed by atoms with Gasteiger partial charge in [0.1, 0.15) is 5.82 Å². The second-order valence-electron chi connectivity index (χ2n) is 8.71. The lowest BCUT2D eigenvalue weighted by atomic mass is 9.79. The molecule has 1 heterocycles. The fourth-order valence-electron chi connectivity index (χ4n) is 4.24. The topological polar surface area (TPSA) is 24.9 Å². The van der Waals surface area contributed by atoms with Crippen molar-refractivity contribution in [2.45, 2.75) is 30.9 Å². The van der Waals surface area contributed by atoms with Crippen LogP contribution in [0.3, 0.4) is 0 Å². The maximum Gasteiger partial charge on any atom is 0.416 e. The molecule has 38 heavy (non-hydrogen) atoms. The third-order valence-corrected chi connectivity index (χ3v) is 6.27. The van der Waals surface area contributed by atoms with E-state index in [1.807, 2.05) is 0 Å². The second-order valence-corrected chi connectivity index (χ2v) is 9.14. The molecule has 0 amide bonds. The smallest absolute Gasteiger partial charge is 0.298 e. The Morgan fingerprint density at radius 3 is 1.97 bits per heavy atom. The Bertz CT molecular complexity index is 1390. The molecule has 4 rings (SSSR count). The Balaban J connectivity index is 1.91. The third-order valence-electron chi connectivity index (χ3n) is 6.04. The van der Waals surface area contributed by atoms with Crippen molar-refractivity contribution < 1.29 is 30.7 Å². The van der Waals surface area contributed by atoms with Crippen LogP contribution in [0.25, 0.3) is 0 Å². The molecule has 1 atom stereocenters. The van der Waals surface area contributed by atoms with Crippen molar-refractivity contribution in [3.63, 3.8) is 0 Å². The van der Waals surface area contributed by atoms with Gasteiger partial charge in [-0.2, -0.15) is 26.3 Å².